The van der Waals surface area contributed by atoms with E-state index in [4.69, 9.17) is 4.74 Å². The number of carbonyl (C=O) groups excluding carboxylic acids is 1. The first-order valence-corrected chi connectivity index (χ1v) is 11.6. The average Bonchev–Trinajstić information content (AvgIpc) is 2.70. The lowest BCUT2D eigenvalue weighted by Gasteiger charge is -2.32. The third-order valence-corrected chi connectivity index (χ3v) is 7.55. The summed E-state index contributed by atoms with van der Waals surface area (Å²) >= 11 is 0. The fraction of sp³-hybridized carbons (Fsp3) is 0.650. The third kappa shape index (κ3) is 5.04. The molecule has 3 rings (SSSR count). The van der Waals surface area contributed by atoms with Gasteiger partial charge in [-0.3, -0.25) is 4.79 Å². The molecule has 1 saturated carbocycles. The number of aliphatic hydroxyl groups excluding tert-OH is 1. The smallest absolute Gasteiger partial charge is 0.243 e. The number of carbonyl (C=O) groups is 1. The molecule has 1 heterocycles. The zero-order chi connectivity index (χ0) is 20.1. The Morgan fingerprint density at radius 1 is 1.11 bits per heavy atom. The number of piperidine rings is 1. The summed E-state index contributed by atoms with van der Waals surface area (Å²) in [5.74, 6) is 0.505. The molecule has 2 aliphatic rings. The summed E-state index contributed by atoms with van der Waals surface area (Å²) in [6.45, 7) is 3.10. The van der Waals surface area contributed by atoms with E-state index >= 15 is 0 Å². The van der Waals surface area contributed by atoms with E-state index in [1.165, 1.54) is 4.31 Å². The van der Waals surface area contributed by atoms with Crippen molar-refractivity contribution in [2.45, 2.75) is 62.5 Å². The Hall–Kier alpha value is -1.64. The number of nitrogens with one attached hydrogen (secondary N) is 1. The molecule has 1 aromatic carbocycles. The Labute approximate surface area is 167 Å². The fourth-order valence-corrected chi connectivity index (χ4v) is 5.39. The van der Waals surface area contributed by atoms with Crippen molar-refractivity contribution in [2.24, 2.45) is 5.92 Å². The minimum atomic E-state index is -3.56. The zero-order valence-electron chi connectivity index (χ0n) is 16.3. The number of sulfonamides is 1. The van der Waals surface area contributed by atoms with E-state index in [1.807, 2.05) is 6.92 Å². The summed E-state index contributed by atoms with van der Waals surface area (Å²) in [7, 11) is -3.56. The van der Waals surface area contributed by atoms with Gasteiger partial charge in [-0.25, -0.2) is 8.42 Å². The van der Waals surface area contributed by atoms with E-state index in [0.29, 0.717) is 38.3 Å². The van der Waals surface area contributed by atoms with Crippen LogP contribution in [0.4, 0.5) is 0 Å². The van der Waals surface area contributed by atoms with Crippen LogP contribution in [0.2, 0.25) is 0 Å². The molecule has 156 valence electrons. The van der Waals surface area contributed by atoms with E-state index in [2.05, 4.69) is 5.32 Å². The molecule has 1 saturated heterocycles. The molecule has 1 aliphatic carbocycles. The standard InChI is InChI=1S/C20H30N2O5S/c1-2-27-18-7-9-19(10-8-18)28(25,26)22-13-11-15(12-14-22)20(24)21-16-3-5-17(23)6-4-16/h7-10,15-17,23H,2-6,11-14H2,1H3,(H,21,24). The zero-order valence-corrected chi connectivity index (χ0v) is 17.2. The Kier molecular flexibility index (Phi) is 6.95. The van der Waals surface area contributed by atoms with Gasteiger partial charge in [0, 0.05) is 25.0 Å². The highest BCUT2D eigenvalue weighted by atomic mass is 32.2. The summed E-state index contributed by atoms with van der Waals surface area (Å²) in [6.07, 6.45) is 3.86. The third-order valence-electron chi connectivity index (χ3n) is 5.64. The predicted octanol–water partition coefficient (Wildman–Crippen LogP) is 1.91. The number of aliphatic hydroxyl groups is 1. The maximum atomic E-state index is 12.8. The van der Waals surface area contributed by atoms with Gasteiger partial charge in [-0.15, -0.1) is 0 Å². The summed E-state index contributed by atoms with van der Waals surface area (Å²) in [5.41, 5.74) is 0. The Bertz CT molecular complexity index is 749. The van der Waals surface area contributed by atoms with Crippen molar-refractivity contribution in [3.63, 3.8) is 0 Å². The van der Waals surface area contributed by atoms with Gasteiger partial charge in [-0.05, 0) is 69.7 Å². The second-order valence-corrected chi connectivity index (χ2v) is 9.53. The average molecular weight is 411 g/mol. The Morgan fingerprint density at radius 2 is 1.71 bits per heavy atom. The minimum Gasteiger partial charge on any atom is -0.494 e. The second kappa shape index (κ2) is 9.24. The SMILES string of the molecule is CCOc1ccc(S(=O)(=O)N2CCC(C(=O)NC3CCC(O)CC3)CC2)cc1. The minimum absolute atomic E-state index is 0.0134. The lowest BCUT2D eigenvalue weighted by atomic mass is 9.91. The van der Waals surface area contributed by atoms with Crippen LogP contribution in [-0.2, 0) is 14.8 Å². The number of amides is 1. The van der Waals surface area contributed by atoms with Crippen LogP contribution in [0.25, 0.3) is 0 Å². The van der Waals surface area contributed by atoms with Crippen LogP contribution < -0.4 is 10.1 Å². The largest absolute Gasteiger partial charge is 0.494 e. The van der Waals surface area contributed by atoms with E-state index in [-0.39, 0.29) is 28.9 Å². The molecule has 1 aromatic rings. The molecular weight excluding hydrogens is 380 g/mol. The van der Waals surface area contributed by atoms with Crippen molar-refractivity contribution in [3.8, 4) is 5.75 Å². The van der Waals surface area contributed by atoms with E-state index < -0.39 is 10.0 Å². The van der Waals surface area contributed by atoms with E-state index in [1.54, 1.807) is 24.3 Å². The van der Waals surface area contributed by atoms with E-state index in [9.17, 15) is 18.3 Å². The van der Waals surface area contributed by atoms with Gasteiger partial charge in [0.15, 0.2) is 0 Å². The van der Waals surface area contributed by atoms with Crippen LogP contribution >= 0.6 is 0 Å². The highest BCUT2D eigenvalue weighted by molar-refractivity contribution is 7.89. The number of hydrogen-bond donors (Lipinski definition) is 2. The second-order valence-electron chi connectivity index (χ2n) is 7.60. The molecule has 0 radical (unpaired) electrons. The molecule has 2 N–H and O–H groups in total. The molecule has 0 bridgehead atoms. The topological polar surface area (TPSA) is 95.9 Å². The molecule has 0 aromatic heterocycles. The summed E-state index contributed by atoms with van der Waals surface area (Å²) < 4.78 is 32.5. The van der Waals surface area contributed by atoms with Gasteiger partial charge < -0.3 is 15.2 Å². The first-order valence-electron chi connectivity index (χ1n) is 10.1. The van der Waals surface area contributed by atoms with Crippen LogP contribution in [0, 0.1) is 5.92 Å². The normalized spacial score (nSPS) is 24.6. The predicted molar refractivity (Wildman–Crippen MR) is 105 cm³/mol. The number of benzene rings is 1. The van der Waals surface area contributed by atoms with Gasteiger partial charge in [-0.1, -0.05) is 0 Å². The van der Waals surface area contributed by atoms with Gasteiger partial charge in [0.25, 0.3) is 0 Å². The highest BCUT2D eigenvalue weighted by Gasteiger charge is 2.33. The number of nitrogens with zero attached hydrogens (tertiary/aromatic N) is 1. The van der Waals surface area contributed by atoms with Crippen molar-refractivity contribution in [2.75, 3.05) is 19.7 Å². The number of hydrogen-bond acceptors (Lipinski definition) is 5. The maximum Gasteiger partial charge on any atom is 0.243 e. The van der Waals surface area contributed by atoms with Crippen LogP contribution in [0.1, 0.15) is 45.4 Å². The van der Waals surface area contributed by atoms with Gasteiger partial charge in [0.1, 0.15) is 5.75 Å². The highest BCUT2D eigenvalue weighted by Crippen LogP contribution is 2.26. The summed E-state index contributed by atoms with van der Waals surface area (Å²) in [5, 5.41) is 12.6. The van der Waals surface area contributed by atoms with Crippen LogP contribution in [0.5, 0.6) is 5.75 Å². The molecule has 1 aliphatic heterocycles. The maximum absolute atomic E-state index is 12.8. The molecule has 7 nitrogen and oxygen atoms in total. The van der Waals surface area contributed by atoms with E-state index in [0.717, 1.165) is 25.7 Å². The lowest BCUT2D eigenvalue weighted by molar-refractivity contribution is -0.127. The van der Waals surface area contributed by atoms with Crippen LogP contribution in [-0.4, -0.2) is 55.6 Å². The molecular formula is C20H30N2O5S. The fourth-order valence-electron chi connectivity index (χ4n) is 3.92. The van der Waals surface area contributed by atoms with Crippen LogP contribution in [0.15, 0.2) is 29.2 Å². The lowest BCUT2D eigenvalue weighted by Crippen LogP contribution is -2.46. The molecule has 8 heteroatoms. The van der Waals surface area contributed by atoms with Crippen LogP contribution in [0.3, 0.4) is 0 Å². The Morgan fingerprint density at radius 3 is 2.29 bits per heavy atom. The number of ether oxygens (including phenoxy) is 1. The molecule has 0 unspecified atom stereocenters. The first kappa shape index (κ1) is 21.1. The van der Waals surface area contributed by atoms with Crippen molar-refractivity contribution in [3.05, 3.63) is 24.3 Å². The van der Waals surface area contributed by atoms with Gasteiger partial charge in [-0.2, -0.15) is 4.31 Å². The summed E-state index contributed by atoms with van der Waals surface area (Å²) in [4.78, 5) is 12.8. The van der Waals surface area contributed by atoms with Crippen molar-refractivity contribution >= 4 is 15.9 Å². The van der Waals surface area contributed by atoms with Gasteiger partial charge in [0.05, 0.1) is 17.6 Å². The Balaban J connectivity index is 1.53. The molecule has 1 amide bonds. The molecule has 28 heavy (non-hydrogen) atoms. The quantitative estimate of drug-likeness (QED) is 0.747. The van der Waals surface area contributed by atoms with Crippen molar-refractivity contribution in [1.29, 1.82) is 0 Å². The van der Waals surface area contributed by atoms with Crippen molar-refractivity contribution in [1.82, 2.24) is 9.62 Å². The molecule has 0 spiro atoms. The van der Waals surface area contributed by atoms with Crippen molar-refractivity contribution < 1.29 is 23.1 Å². The van der Waals surface area contributed by atoms with Gasteiger partial charge >= 0.3 is 0 Å². The summed E-state index contributed by atoms with van der Waals surface area (Å²) in [6, 6.07) is 6.59. The number of rotatable bonds is 6. The first-order chi connectivity index (χ1) is 13.4. The molecule has 2 fully saturated rings. The van der Waals surface area contributed by atoms with Gasteiger partial charge in [0.2, 0.25) is 15.9 Å². The monoisotopic (exact) mass is 410 g/mol. The molecule has 0 atom stereocenters.